The summed E-state index contributed by atoms with van der Waals surface area (Å²) in [6.45, 7) is 11.4. The number of nitrogens with two attached hydrogens (primary N) is 1. The van der Waals surface area contributed by atoms with Crippen molar-refractivity contribution in [1.29, 1.82) is 0 Å². The summed E-state index contributed by atoms with van der Waals surface area (Å²) in [6.07, 6.45) is 0. The Bertz CT molecular complexity index is 360. The molecule has 0 amide bonds. The van der Waals surface area contributed by atoms with Crippen LogP contribution >= 0.6 is 0 Å². The number of aromatic nitrogens is 2. The summed E-state index contributed by atoms with van der Waals surface area (Å²) in [4.78, 5) is 8.49. The van der Waals surface area contributed by atoms with E-state index < -0.39 is 0 Å². The van der Waals surface area contributed by atoms with E-state index in [9.17, 15) is 0 Å². The number of nitrogen functional groups attached to an aromatic ring is 1. The average Bonchev–Trinajstić information content (AvgIpc) is 2.20. The topological polar surface area (TPSA) is 63.8 Å². The summed E-state index contributed by atoms with van der Waals surface area (Å²) in [6, 6.07) is 0. The SMILES string of the molecule is Cc1nc(N)c(C)c(NCC(C)C(C)C)n1. The number of hydrogen-bond acceptors (Lipinski definition) is 4. The van der Waals surface area contributed by atoms with Crippen molar-refractivity contribution in [2.45, 2.75) is 34.6 Å². The summed E-state index contributed by atoms with van der Waals surface area (Å²) < 4.78 is 0. The van der Waals surface area contributed by atoms with Crippen molar-refractivity contribution in [3.63, 3.8) is 0 Å². The molecule has 0 fully saturated rings. The van der Waals surface area contributed by atoms with Crippen molar-refractivity contribution < 1.29 is 0 Å². The van der Waals surface area contributed by atoms with Crippen LogP contribution in [0.25, 0.3) is 0 Å². The minimum absolute atomic E-state index is 0.562. The Morgan fingerprint density at radius 2 is 1.81 bits per heavy atom. The summed E-state index contributed by atoms with van der Waals surface area (Å²) in [5.41, 5.74) is 6.73. The van der Waals surface area contributed by atoms with Gasteiger partial charge in [0.15, 0.2) is 0 Å². The lowest BCUT2D eigenvalue weighted by molar-refractivity contribution is 0.439. The molecule has 0 aliphatic rings. The molecule has 4 heteroatoms. The van der Waals surface area contributed by atoms with Crippen molar-refractivity contribution >= 4 is 11.6 Å². The van der Waals surface area contributed by atoms with Gasteiger partial charge in [0.25, 0.3) is 0 Å². The lowest BCUT2D eigenvalue weighted by atomic mass is 9.98. The van der Waals surface area contributed by atoms with Gasteiger partial charge in [-0.15, -0.1) is 0 Å². The molecule has 0 radical (unpaired) electrons. The molecule has 3 N–H and O–H groups in total. The highest BCUT2D eigenvalue weighted by molar-refractivity contribution is 5.54. The molecular weight excluding hydrogens is 200 g/mol. The molecule has 0 bridgehead atoms. The second-order valence-electron chi connectivity index (χ2n) is 4.73. The number of anilines is 2. The normalized spacial score (nSPS) is 12.9. The molecule has 0 aliphatic carbocycles. The van der Waals surface area contributed by atoms with Gasteiger partial charge in [-0.1, -0.05) is 20.8 Å². The van der Waals surface area contributed by atoms with Crippen LogP contribution in [0, 0.1) is 25.7 Å². The highest BCUT2D eigenvalue weighted by Crippen LogP contribution is 2.18. The van der Waals surface area contributed by atoms with Gasteiger partial charge in [0, 0.05) is 12.1 Å². The van der Waals surface area contributed by atoms with Gasteiger partial charge in [-0.05, 0) is 25.7 Å². The summed E-state index contributed by atoms with van der Waals surface area (Å²) >= 11 is 0. The van der Waals surface area contributed by atoms with Gasteiger partial charge in [0.05, 0.1) is 0 Å². The van der Waals surface area contributed by atoms with Crippen LogP contribution < -0.4 is 11.1 Å². The average molecular weight is 222 g/mol. The van der Waals surface area contributed by atoms with Crippen LogP contribution in [-0.4, -0.2) is 16.5 Å². The van der Waals surface area contributed by atoms with Gasteiger partial charge in [0.2, 0.25) is 0 Å². The van der Waals surface area contributed by atoms with Crippen LogP contribution in [-0.2, 0) is 0 Å². The fraction of sp³-hybridized carbons (Fsp3) is 0.667. The number of nitrogens with zero attached hydrogens (tertiary/aromatic N) is 2. The highest BCUT2D eigenvalue weighted by Gasteiger charge is 2.10. The number of hydrogen-bond donors (Lipinski definition) is 2. The maximum Gasteiger partial charge on any atom is 0.134 e. The van der Waals surface area contributed by atoms with E-state index in [0.717, 1.165) is 17.9 Å². The number of aryl methyl sites for hydroxylation is 1. The minimum atomic E-state index is 0.562. The fourth-order valence-corrected chi connectivity index (χ4v) is 1.32. The lowest BCUT2D eigenvalue weighted by Gasteiger charge is -2.18. The van der Waals surface area contributed by atoms with Crippen LogP contribution in [0.5, 0.6) is 0 Å². The smallest absolute Gasteiger partial charge is 0.134 e. The third kappa shape index (κ3) is 3.08. The van der Waals surface area contributed by atoms with Gasteiger partial charge < -0.3 is 11.1 Å². The monoisotopic (exact) mass is 222 g/mol. The Labute approximate surface area is 97.7 Å². The maximum absolute atomic E-state index is 5.80. The molecule has 0 saturated carbocycles. The molecule has 1 heterocycles. The van der Waals surface area contributed by atoms with Crippen LogP contribution in [0.1, 0.15) is 32.2 Å². The van der Waals surface area contributed by atoms with Gasteiger partial charge in [-0.2, -0.15) is 0 Å². The van der Waals surface area contributed by atoms with E-state index in [2.05, 4.69) is 36.1 Å². The van der Waals surface area contributed by atoms with Crippen molar-refractivity contribution in [3.05, 3.63) is 11.4 Å². The number of rotatable bonds is 4. The molecule has 0 spiro atoms. The molecular formula is C12H22N4. The van der Waals surface area contributed by atoms with Gasteiger partial charge >= 0.3 is 0 Å². The molecule has 0 aliphatic heterocycles. The first-order valence-electron chi connectivity index (χ1n) is 5.76. The molecule has 1 aromatic heterocycles. The van der Waals surface area contributed by atoms with Crippen molar-refractivity contribution in [2.75, 3.05) is 17.6 Å². The van der Waals surface area contributed by atoms with E-state index in [1.54, 1.807) is 0 Å². The first-order valence-corrected chi connectivity index (χ1v) is 5.76. The zero-order valence-corrected chi connectivity index (χ0v) is 10.8. The summed E-state index contributed by atoms with van der Waals surface area (Å²) in [5, 5.41) is 3.34. The van der Waals surface area contributed by atoms with E-state index in [1.807, 2.05) is 13.8 Å². The molecule has 0 aromatic carbocycles. The summed E-state index contributed by atoms with van der Waals surface area (Å²) in [7, 11) is 0. The van der Waals surface area contributed by atoms with Crippen molar-refractivity contribution in [2.24, 2.45) is 11.8 Å². The van der Waals surface area contributed by atoms with Crippen LogP contribution in [0.2, 0.25) is 0 Å². The Hall–Kier alpha value is -1.32. The Morgan fingerprint density at radius 1 is 1.19 bits per heavy atom. The lowest BCUT2D eigenvalue weighted by Crippen LogP contribution is -2.18. The standard InChI is InChI=1S/C12H22N4/c1-7(2)8(3)6-14-12-9(4)11(13)15-10(5)16-12/h7-8H,6H2,1-5H3,(H3,13,14,15,16). The van der Waals surface area contributed by atoms with E-state index in [0.29, 0.717) is 23.5 Å². The van der Waals surface area contributed by atoms with E-state index in [4.69, 9.17) is 5.73 Å². The minimum Gasteiger partial charge on any atom is -0.383 e. The zero-order valence-electron chi connectivity index (χ0n) is 10.8. The van der Waals surface area contributed by atoms with Crippen molar-refractivity contribution in [3.8, 4) is 0 Å². The van der Waals surface area contributed by atoms with E-state index in [1.165, 1.54) is 0 Å². The summed E-state index contributed by atoms with van der Waals surface area (Å²) in [5.74, 6) is 3.40. The second-order valence-corrected chi connectivity index (χ2v) is 4.73. The Balaban J connectivity index is 2.74. The fourth-order valence-electron chi connectivity index (χ4n) is 1.32. The molecule has 0 saturated heterocycles. The van der Waals surface area contributed by atoms with E-state index in [-0.39, 0.29) is 0 Å². The third-order valence-electron chi connectivity index (χ3n) is 3.02. The predicted octanol–water partition coefficient (Wildman–Crippen LogP) is 2.38. The molecule has 4 nitrogen and oxygen atoms in total. The van der Waals surface area contributed by atoms with E-state index >= 15 is 0 Å². The molecule has 1 unspecified atom stereocenters. The predicted molar refractivity (Wildman–Crippen MR) is 68.4 cm³/mol. The maximum atomic E-state index is 5.80. The van der Waals surface area contributed by atoms with Gasteiger partial charge in [-0.3, -0.25) is 0 Å². The highest BCUT2D eigenvalue weighted by atomic mass is 15.1. The second kappa shape index (κ2) is 5.14. The molecule has 90 valence electrons. The first-order chi connectivity index (χ1) is 7.41. The van der Waals surface area contributed by atoms with Crippen molar-refractivity contribution in [1.82, 2.24) is 9.97 Å². The largest absolute Gasteiger partial charge is 0.383 e. The Kier molecular flexibility index (Phi) is 4.10. The first kappa shape index (κ1) is 12.7. The zero-order chi connectivity index (χ0) is 12.3. The molecule has 1 atom stereocenters. The molecule has 16 heavy (non-hydrogen) atoms. The number of nitrogens with one attached hydrogen (secondary N) is 1. The van der Waals surface area contributed by atoms with Crippen LogP contribution in [0.15, 0.2) is 0 Å². The van der Waals surface area contributed by atoms with Gasteiger partial charge in [0.1, 0.15) is 17.5 Å². The quantitative estimate of drug-likeness (QED) is 0.821. The van der Waals surface area contributed by atoms with Crippen LogP contribution in [0.4, 0.5) is 11.6 Å². The van der Waals surface area contributed by atoms with Crippen LogP contribution in [0.3, 0.4) is 0 Å². The van der Waals surface area contributed by atoms with Gasteiger partial charge in [-0.25, -0.2) is 9.97 Å². The Morgan fingerprint density at radius 3 is 2.38 bits per heavy atom. The molecule has 1 aromatic rings. The third-order valence-corrected chi connectivity index (χ3v) is 3.02. The molecule has 1 rings (SSSR count).